The number of para-hydroxylation sites is 1. The number of nitrogens with one attached hydrogen (secondary N) is 14. The number of aromatic amines is 1. The van der Waals surface area contributed by atoms with E-state index in [0.717, 1.165) is 6.92 Å². The normalized spacial score (nSPS) is 15.6. The third-order valence-electron chi connectivity index (χ3n) is 17.8. The monoisotopic (exact) mass is 1590 g/mol. The fourth-order valence-corrected chi connectivity index (χ4v) is 11.9. The van der Waals surface area contributed by atoms with Crippen LogP contribution < -0.4 is 86.3 Å². The van der Waals surface area contributed by atoms with Gasteiger partial charge in [-0.1, -0.05) is 79.0 Å². The van der Waals surface area contributed by atoms with Crippen LogP contribution in [0.1, 0.15) is 132 Å². The van der Waals surface area contributed by atoms with Crippen molar-refractivity contribution in [2.24, 2.45) is 35.0 Å². The van der Waals surface area contributed by atoms with E-state index in [1.165, 1.54) is 37.4 Å². The van der Waals surface area contributed by atoms with Crippen LogP contribution in [0.25, 0.3) is 10.9 Å². The second-order valence-corrected chi connectivity index (χ2v) is 28.9. The molecule has 15 amide bonds. The summed E-state index contributed by atoms with van der Waals surface area (Å²) in [6, 6.07) is -15.1. The number of hydrogen-bond acceptors (Lipinski definition) is 23. The molecule has 41 heteroatoms. The number of H-pyrrole nitrogens is 1. The number of carbonyl (C=O) groups excluding carboxylic acids is 15. The molecule has 0 spiro atoms. The molecule has 0 bridgehead atoms. The zero-order valence-electron chi connectivity index (χ0n) is 63.6. The van der Waals surface area contributed by atoms with Crippen molar-refractivity contribution >= 4 is 135 Å². The molecule has 0 aliphatic heterocycles. The largest absolute Gasteiger partial charge is 0.481 e. The standard InChI is InChI=1S/C69H111N17O22S2/c1-12-33(6)54(85-65(103)49(31-88)83-57(95)35(8)75-62(100)46(28-52(92)93)80-63(101)44(25-32(4)5)79-64(102)48(30-87)84-66(104)53(72)36(9)89)67(105)86-55(37(13-2)14-3)68(106)81-45(26-38-29-73-40-18-16-15-17-39(38)40)61(99)74-34(7)56(94)76-42(21-23-109-10)59(97)78-43(22-24-110-11)60(98)77-41(19-20-50(70)90)58(96)82-47(69(107)108)27-51(71)91/h15-18,29,32-37,41-49,53-55,73,87-89H,12-14,19-28,30-31,72H2,1-11H3,(H2,70,90)(H2,71,91)(H,74,99)(H,75,100)(H,76,94)(H,77,98)(H,78,97)(H,79,102)(H,80,101)(H,81,106)(H,82,96)(H,83,95)(H,84,104)(H,85,103)(H,86,105)(H,92,93)(H,107,108)/t33-,34?,35?,36?,41?,42?,43?,44?,45?,46?,47-,48?,49?,53?,54?,55?/m0/s1. The molecule has 2 aromatic rings. The van der Waals surface area contributed by atoms with E-state index in [1.807, 2.05) is 0 Å². The topological polar surface area (TPSA) is 642 Å². The van der Waals surface area contributed by atoms with E-state index < -0.39 is 242 Å². The van der Waals surface area contributed by atoms with E-state index in [1.54, 1.807) is 84.5 Å². The summed E-state index contributed by atoms with van der Waals surface area (Å²) in [6.07, 6.45) is 1.31. The number of thioether (sulfide) groups is 2. The highest BCUT2D eigenvalue weighted by atomic mass is 32.2. The Balaban J connectivity index is 2.47. The first-order valence-electron chi connectivity index (χ1n) is 35.9. The van der Waals surface area contributed by atoms with Gasteiger partial charge in [-0.2, -0.15) is 23.5 Å². The number of aliphatic hydroxyl groups is 3. The Kier molecular flexibility index (Phi) is 42.7. The quantitative estimate of drug-likeness (QED) is 0.0294. The van der Waals surface area contributed by atoms with Gasteiger partial charge in [0.05, 0.1) is 32.2 Å². The molecule has 1 aromatic heterocycles. The molecule has 2 rings (SSSR count). The minimum atomic E-state index is -1.91. The molecular formula is C69H111N17O22S2. The molecule has 14 unspecified atom stereocenters. The number of aliphatic carboxylic acids is 2. The van der Waals surface area contributed by atoms with Gasteiger partial charge in [-0.05, 0) is 99.9 Å². The van der Waals surface area contributed by atoms with Gasteiger partial charge in [0.1, 0.15) is 84.6 Å². The van der Waals surface area contributed by atoms with E-state index in [2.05, 4.69) is 74.1 Å². The SMILES string of the molecule is CCC(CC)C(NC(=O)C(NC(=O)C(CO)NC(=O)C(C)NC(=O)C(CC(=O)O)NC(=O)C(CC(C)C)NC(=O)C(CO)NC(=O)C(N)C(C)O)[C@@H](C)CC)C(=O)NC(Cc1c[nH]c2ccccc12)C(=O)NC(C)C(=O)NC(CCSC)C(=O)NC(CCSC)C(=O)NC(CCC(N)=O)C(=O)N[C@@H](CC(N)=O)C(=O)O. The van der Waals surface area contributed by atoms with Gasteiger partial charge in [0, 0.05) is 29.9 Å². The van der Waals surface area contributed by atoms with Gasteiger partial charge >= 0.3 is 11.9 Å². The molecule has 1 heterocycles. The molecule has 0 saturated heterocycles. The number of hydrogen-bond donors (Lipinski definition) is 22. The van der Waals surface area contributed by atoms with Gasteiger partial charge in [0.25, 0.3) is 0 Å². The number of benzene rings is 1. The number of amides is 15. The Morgan fingerprint density at radius 1 is 0.455 bits per heavy atom. The number of carboxylic acids is 2. The average molecular weight is 1590 g/mol. The lowest BCUT2D eigenvalue weighted by Gasteiger charge is -2.31. The molecule has 1 aromatic carbocycles. The molecule has 16 atom stereocenters. The molecule has 0 saturated carbocycles. The Bertz CT molecular complexity index is 3510. The highest BCUT2D eigenvalue weighted by Crippen LogP contribution is 2.22. The highest BCUT2D eigenvalue weighted by molar-refractivity contribution is 7.98. The molecule has 0 aliphatic rings. The van der Waals surface area contributed by atoms with Crippen molar-refractivity contribution in [3.8, 4) is 0 Å². The van der Waals surface area contributed by atoms with Crippen molar-refractivity contribution in [2.75, 3.05) is 37.2 Å². The van der Waals surface area contributed by atoms with E-state index >= 15 is 0 Å². The number of fused-ring (bicyclic) bond motifs is 1. The summed E-state index contributed by atoms with van der Waals surface area (Å²) in [4.78, 5) is 231. The van der Waals surface area contributed by atoms with Crippen molar-refractivity contribution in [3.63, 3.8) is 0 Å². The summed E-state index contributed by atoms with van der Waals surface area (Å²) in [5, 5.41) is 81.8. The van der Waals surface area contributed by atoms with Crippen LogP contribution in [-0.2, 0) is 87.9 Å². The van der Waals surface area contributed by atoms with Crippen LogP contribution in [0, 0.1) is 17.8 Å². The minimum Gasteiger partial charge on any atom is -0.481 e. The number of nitrogens with two attached hydrogens (primary N) is 3. The Labute approximate surface area is 645 Å². The van der Waals surface area contributed by atoms with Crippen LogP contribution in [-0.4, -0.2) is 259 Å². The zero-order chi connectivity index (χ0) is 83.4. The Hall–Kier alpha value is -9.71. The van der Waals surface area contributed by atoms with Gasteiger partial charge in [-0.25, -0.2) is 4.79 Å². The van der Waals surface area contributed by atoms with Gasteiger partial charge in [-0.3, -0.25) is 76.7 Å². The summed E-state index contributed by atoms with van der Waals surface area (Å²) >= 11 is 2.59. The van der Waals surface area contributed by atoms with E-state index in [0.29, 0.717) is 16.5 Å². The minimum absolute atomic E-state index is 0.0243. The van der Waals surface area contributed by atoms with Gasteiger partial charge in [0.2, 0.25) is 88.6 Å². The molecule has 39 nitrogen and oxygen atoms in total. The first kappa shape index (κ1) is 96.4. The number of aliphatic hydroxyl groups excluding tert-OH is 3. The second-order valence-electron chi connectivity index (χ2n) is 26.9. The van der Waals surface area contributed by atoms with Crippen LogP contribution in [0.5, 0.6) is 0 Å². The number of rotatable bonds is 52. The maximum absolute atomic E-state index is 15.0. The van der Waals surface area contributed by atoms with E-state index in [9.17, 15) is 107 Å². The number of carboxylic acid groups (broad SMARTS) is 2. The van der Waals surface area contributed by atoms with Crippen LogP contribution in [0.2, 0.25) is 0 Å². The molecule has 0 radical (unpaired) electrons. The lowest BCUT2D eigenvalue weighted by molar-refractivity contribution is -0.144. The first-order valence-corrected chi connectivity index (χ1v) is 38.7. The number of primary amides is 2. The fraction of sp³-hybridized carbons (Fsp3) is 0.638. The van der Waals surface area contributed by atoms with Crippen molar-refractivity contribution in [1.82, 2.24) is 74.1 Å². The van der Waals surface area contributed by atoms with Gasteiger partial charge in [0.15, 0.2) is 0 Å². The molecule has 616 valence electrons. The average Bonchev–Trinajstić information content (AvgIpc) is 1.52. The number of carbonyl (C=O) groups is 17. The summed E-state index contributed by atoms with van der Waals surface area (Å²) in [6.45, 7) is 11.6. The number of aromatic nitrogens is 1. The third-order valence-corrected chi connectivity index (χ3v) is 19.0. The summed E-state index contributed by atoms with van der Waals surface area (Å²) < 4.78 is 0. The molecule has 25 N–H and O–H groups in total. The summed E-state index contributed by atoms with van der Waals surface area (Å²) in [7, 11) is 0. The second kappa shape index (κ2) is 48.7. The predicted molar refractivity (Wildman–Crippen MR) is 403 cm³/mol. The Morgan fingerprint density at radius 3 is 1.33 bits per heavy atom. The van der Waals surface area contributed by atoms with Crippen LogP contribution in [0.15, 0.2) is 30.5 Å². The lowest BCUT2D eigenvalue weighted by Crippen LogP contribution is -2.62. The molecule has 110 heavy (non-hydrogen) atoms. The molecule has 0 aliphatic carbocycles. The van der Waals surface area contributed by atoms with Crippen molar-refractivity contribution in [1.29, 1.82) is 0 Å². The predicted octanol–water partition coefficient (Wildman–Crippen LogP) is -5.52. The van der Waals surface area contributed by atoms with Crippen molar-refractivity contribution in [2.45, 2.75) is 224 Å². The Morgan fingerprint density at radius 2 is 0.864 bits per heavy atom. The summed E-state index contributed by atoms with van der Waals surface area (Å²) in [5.74, 6) is -19.5. The maximum Gasteiger partial charge on any atom is 0.326 e. The van der Waals surface area contributed by atoms with Crippen LogP contribution in [0.3, 0.4) is 0 Å². The van der Waals surface area contributed by atoms with Crippen molar-refractivity contribution in [3.05, 3.63) is 36.0 Å². The maximum atomic E-state index is 15.0. The van der Waals surface area contributed by atoms with Gasteiger partial charge in [-0.15, -0.1) is 0 Å². The van der Waals surface area contributed by atoms with Crippen molar-refractivity contribution < 1.29 is 107 Å². The zero-order valence-corrected chi connectivity index (χ0v) is 65.2. The lowest BCUT2D eigenvalue weighted by atomic mass is 9.91. The van der Waals surface area contributed by atoms with Gasteiger partial charge < -0.3 is 117 Å². The van der Waals surface area contributed by atoms with E-state index in [-0.39, 0.29) is 62.4 Å². The third kappa shape index (κ3) is 32.5. The highest BCUT2D eigenvalue weighted by Gasteiger charge is 2.40. The smallest absolute Gasteiger partial charge is 0.326 e. The summed E-state index contributed by atoms with van der Waals surface area (Å²) in [5.41, 5.74) is 17.3. The first-order chi connectivity index (χ1) is 51.7. The van der Waals surface area contributed by atoms with Crippen LogP contribution in [0.4, 0.5) is 0 Å². The fourth-order valence-electron chi connectivity index (χ4n) is 11.0. The van der Waals surface area contributed by atoms with Crippen LogP contribution >= 0.6 is 23.5 Å². The van der Waals surface area contributed by atoms with E-state index in [4.69, 9.17) is 17.2 Å². The molecular weight excluding hydrogens is 1480 g/mol. The molecule has 0 fully saturated rings.